The van der Waals surface area contributed by atoms with Gasteiger partial charge in [-0.2, -0.15) is 0 Å². The van der Waals surface area contributed by atoms with E-state index < -0.39 is 35.6 Å². The minimum absolute atomic E-state index is 0.0694. The summed E-state index contributed by atoms with van der Waals surface area (Å²) < 4.78 is 0. The van der Waals surface area contributed by atoms with Crippen molar-refractivity contribution < 1.29 is 24.3 Å². The minimum atomic E-state index is -0.777. The van der Waals surface area contributed by atoms with Gasteiger partial charge in [-0.3, -0.25) is 19.2 Å². The van der Waals surface area contributed by atoms with Gasteiger partial charge >= 0.3 is 0 Å². The van der Waals surface area contributed by atoms with Gasteiger partial charge in [0, 0.05) is 32.5 Å². The molecular formula is C38H53N7O5S. The lowest BCUT2D eigenvalue weighted by Gasteiger charge is -2.35. The summed E-state index contributed by atoms with van der Waals surface area (Å²) in [6.07, 6.45) is 2.32. The van der Waals surface area contributed by atoms with Crippen molar-refractivity contribution in [3.8, 4) is 10.4 Å². The van der Waals surface area contributed by atoms with E-state index in [0.717, 1.165) is 52.1 Å². The van der Waals surface area contributed by atoms with Crippen LogP contribution in [0.4, 0.5) is 0 Å². The number of carbonyl (C=O) groups excluding carboxylic acids is 4. The Labute approximate surface area is 304 Å². The predicted octanol–water partition coefficient (Wildman–Crippen LogP) is 2.93. The number of rotatable bonds is 17. The SMILES string of the molecule is Cc1ncsc1-c1ccc(CNC(=O)[C@@H]2C[C@@H](O)CN2C(=O)[C@@H](NCCCCc2ccc(CNC(=O)[C@@H](N)CCC(N)=O)cc2)C(C)(C)C)cc1. The molecule has 276 valence electrons. The molecular weight excluding hydrogens is 667 g/mol. The molecule has 0 saturated carbocycles. The van der Waals surface area contributed by atoms with Crippen molar-refractivity contribution in [2.45, 2.75) is 104 Å². The third-order valence-corrected chi connectivity index (χ3v) is 10.2. The number of aromatic nitrogens is 1. The van der Waals surface area contributed by atoms with E-state index in [4.69, 9.17) is 11.5 Å². The number of benzene rings is 2. The second kappa shape index (κ2) is 18.4. The largest absolute Gasteiger partial charge is 0.391 e. The molecule has 1 aliphatic heterocycles. The molecule has 1 fully saturated rings. The van der Waals surface area contributed by atoms with Crippen molar-refractivity contribution in [2.75, 3.05) is 13.1 Å². The van der Waals surface area contributed by atoms with Gasteiger partial charge in [-0.05, 0) is 66.8 Å². The highest BCUT2D eigenvalue weighted by molar-refractivity contribution is 7.13. The van der Waals surface area contributed by atoms with Crippen molar-refractivity contribution in [2.24, 2.45) is 16.9 Å². The van der Waals surface area contributed by atoms with E-state index in [9.17, 15) is 24.3 Å². The lowest BCUT2D eigenvalue weighted by molar-refractivity contribution is -0.142. The first kappa shape index (κ1) is 39.6. The highest BCUT2D eigenvalue weighted by atomic mass is 32.1. The van der Waals surface area contributed by atoms with E-state index in [-0.39, 0.29) is 43.5 Å². The molecule has 1 aromatic heterocycles. The van der Waals surface area contributed by atoms with Gasteiger partial charge in [0.05, 0.1) is 34.3 Å². The quantitative estimate of drug-likeness (QED) is 0.115. The van der Waals surface area contributed by atoms with E-state index >= 15 is 0 Å². The first-order chi connectivity index (χ1) is 24.2. The van der Waals surface area contributed by atoms with E-state index in [1.54, 1.807) is 11.3 Å². The molecule has 2 heterocycles. The van der Waals surface area contributed by atoms with Crippen LogP contribution in [0.15, 0.2) is 54.0 Å². The molecule has 4 atom stereocenters. The summed E-state index contributed by atoms with van der Waals surface area (Å²) in [5.41, 5.74) is 17.5. The van der Waals surface area contributed by atoms with Gasteiger partial charge in [0.2, 0.25) is 23.6 Å². The lowest BCUT2D eigenvalue weighted by atomic mass is 9.85. The van der Waals surface area contributed by atoms with E-state index in [2.05, 4.69) is 20.9 Å². The fraction of sp³-hybridized carbons (Fsp3) is 0.500. The van der Waals surface area contributed by atoms with Gasteiger partial charge in [-0.15, -0.1) is 11.3 Å². The zero-order valence-corrected chi connectivity index (χ0v) is 30.9. The van der Waals surface area contributed by atoms with Crippen molar-refractivity contribution >= 4 is 35.0 Å². The smallest absolute Gasteiger partial charge is 0.243 e. The van der Waals surface area contributed by atoms with Crippen LogP contribution in [0, 0.1) is 12.3 Å². The number of aryl methyl sites for hydroxylation is 2. The van der Waals surface area contributed by atoms with Crippen LogP contribution >= 0.6 is 11.3 Å². The zero-order valence-electron chi connectivity index (χ0n) is 30.1. The Morgan fingerprint density at radius 3 is 2.22 bits per heavy atom. The maximum atomic E-state index is 13.9. The number of thiazole rings is 1. The topological polar surface area (TPSA) is 193 Å². The zero-order chi connectivity index (χ0) is 37.1. The summed E-state index contributed by atoms with van der Waals surface area (Å²) in [6.45, 7) is 9.39. The van der Waals surface area contributed by atoms with E-state index in [0.29, 0.717) is 19.6 Å². The minimum Gasteiger partial charge on any atom is -0.391 e. The number of likely N-dealkylation sites (tertiary alicyclic amines) is 1. The molecule has 0 spiro atoms. The van der Waals surface area contributed by atoms with Gasteiger partial charge in [-0.25, -0.2) is 4.98 Å². The summed E-state index contributed by atoms with van der Waals surface area (Å²) in [4.78, 5) is 57.3. The second-order valence-electron chi connectivity index (χ2n) is 14.4. The molecule has 4 rings (SSSR count). The summed E-state index contributed by atoms with van der Waals surface area (Å²) in [5, 5.41) is 19.8. The summed E-state index contributed by atoms with van der Waals surface area (Å²) >= 11 is 1.59. The Kier molecular flexibility index (Phi) is 14.3. The van der Waals surface area contributed by atoms with Crippen LogP contribution in [0.25, 0.3) is 10.4 Å². The normalized spacial score (nSPS) is 17.2. The number of nitrogens with zero attached hydrogens (tertiary/aromatic N) is 2. The number of hydrogen-bond donors (Lipinski definition) is 6. The average Bonchev–Trinajstić information content (AvgIpc) is 3.71. The van der Waals surface area contributed by atoms with Crippen molar-refractivity contribution in [3.63, 3.8) is 0 Å². The summed E-state index contributed by atoms with van der Waals surface area (Å²) in [6, 6.07) is 14.0. The number of hydrogen-bond acceptors (Lipinski definition) is 9. The van der Waals surface area contributed by atoms with Crippen LogP contribution in [0.3, 0.4) is 0 Å². The number of aliphatic hydroxyl groups excluding tert-OH is 1. The first-order valence-electron chi connectivity index (χ1n) is 17.6. The number of amides is 4. The standard InChI is InChI=1S/C38H53N7O5S/c1-24-33(51-23-44-24)28-14-12-27(13-15-28)21-43-36(49)31-19-29(46)22-45(31)37(50)34(38(2,3)4)41-18-6-5-7-25-8-10-26(11-9-25)20-42-35(48)30(39)16-17-32(40)47/h8-15,23,29-31,34,41,46H,5-7,16-22,39H2,1-4H3,(H2,40,47)(H,42,48)(H,43,49)/t29-,30+,31+,34-/m1/s1. The molecule has 0 unspecified atom stereocenters. The number of nitrogens with one attached hydrogen (secondary N) is 3. The highest BCUT2D eigenvalue weighted by Crippen LogP contribution is 2.28. The molecule has 3 aromatic rings. The van der Waals surface area contributed by atoms with Crippen molar-refractivity contribution in [3.05, 3.63) is 76.4 Å². The number of aliphatic hydroxyl groups is 1. The monoisotopic (exact) mass is 719 g/mol. The molecule has 4 amide bonds. The number of nitrogens with two attached hydrogens (primary N) is 2. The van der Waals surface area contributed by atoms with Crippen LogP contribution in [-0.4, -0.2) is 75.9 Å². The lowest BCUT2D eigenvalue weighted by Crippen LogP contribution is -2.56. The molecule has 8 N–H and O–H groups in total. The highest BCUT2D eigenvalue weighted by Gasteiger charge is 2.43. The predicted molar refractivity (Wildman–Crippen MR) is 199 cm³/mol. The van der Waals surface area contributed by atoms with Crippen LogP contribution in [0.1, 0.15) is 75.3 Å². The fourth-order valence-electron chi connectivity index (χ4n) is 6.17. The fourth-order valence-corrected chi connectivity index (χ4v) is 6.98. The Bertz CT molecular complexity index is 1620. The molecule has 0 aliphatic carbocycles. The van der Waals surface area contributed by atoms with Crippen molar-refractivity contribution in [1.82, 2.24) is 25.8 Å². The van der Waals surface area contributed by atoms with Gasteiger partial charge in [0.15, 0.2) is 0 Å². The van der Waals surface area contributed by atoms with E-state index in [1.165, 1.54) is 4.90 Å². The molecule has 12 nitrogen and oxygen atoms in total. The van der Waals surface area contributed by atoms with E-state index in [1.807, 2.05) is 81.7 Å². The molecule has 0 bridgehead atoms. The van der Waals surface area contributed by atoms with Gasteiger partial charge < -0.3 is 37.4 Å². The Morgan fingerprint density at radius 1 is 0.980 bits per heavy atom. The third-order valence-electron chi connectivity index (χ3n) is 9.18. The molecule has 1 aliphatic rings. The maximum absolute atomic E-state index is 13.9. The molecule has 1 saturated heterocycles. The molecule has 13 heteroatoms. The molecule has 0 radical (unpaired) electrons. The maximum Gasteiger partial charge on any atom is 0.243 e. The summed E-state index contributed by atoms with van der Waals surface area (Å²) in [7, 11) is 0. The molecule has 2 aromatic carbocycles. The first-order valence-corrected chi connectivity index (χ1v) is 18.5. The third kappa shape index (κ3) is 11.7. The second-order valence-corrected chi connectivity index (χ2v) is 15.3. The molecule has 51 heavy (non-hydrogen) atoms. The van der Waals surface area contributed by atoms with Gasteiger partial charge in [-0.1, -0.05) is 69.3 Å². The van der Waals surface area contributed by atoms with Crippen molar-refractivity contribution in [1.29, 1.82) is 0 Å². The number of primary amides is 1. The van der Waals surface area contributed by atoms with Crippen LogP contribution in [0.5, 0.6) is 0 Å². The van der Waals surface area contributed by atoms with Gasteiger partial charge in [0.25, 0.3) is 0 Å². The average molecular weight is 720 g/mol. The van der Waals surface area contributed by atoms with Gasteiger partial charge in [0.1, 0.15) is 6.04 Å². The van der Waals surface area contributed by atoms with Crippen LogP contribution < -0.4 is 27.4 Å². The number of unbranched alkanes of at least 4 members (excludes halogenated alkanes) is 1. The Hall–Kier alpha value is -4.17. The Balaban J connectivity index is 1.23. The van der Waals surface area contributed by atoms with Crippen LogP contribution in [0.2, 0.25) is 0 Å². The van der Waals surface area contributed by atoms with Crippen LogP contribution in [-0.2, 0) is 38.7 Å². The number of β-amino-alcohol motifs (C(OH)–C–C–N with tert-alkyl or cyclic N) is 1. The number of carbonyl (C=O) groups is 4. The summed E-state index contributed by atoms with van der Waals surface area (Å²) in [5.74, 6) is -1.26. The Morgan fingerprint density at radius 2 is 1.61 bits per heavy atom.